The van der Waals surface area contributed by atoms with E-state index in [1.54, 1.807) is 27.7 Å². The predicted molar refractivity (Wildman–Crippen MR) is 91.7 cm³/mol. The average Bonchev–Trinajstić information content (AvgIpc) is 3.10. The molecule has 0 saturated carbocycles. The van der Waals surface area contributed by atoms with E-state index in [9.17, 15) is 9.18 Å². The molecular weight excluding hydrogens is 321 g/mol. The third kappa shape index (κ3) is 2.93. The Balaban J connectivity index is 1.58. The molecular formula is C18H18FN5O. The fourth-order valence-corrected chi connectivity index (χ4v) is 3.39. The van der Waals surface area contributed by atoms with Gasteiger partial charge in [0.1, 0.15) is 5.82 Å². The highest BCUT2D eigenvalue weighted by Gasteiger charge is 2.27. The van der Waals surface area contributed by atoms with Gasteiger partial charge in [0.2, 0.25) is 5.95 Å². The van der Waals surface area contributed by atoms with Gasteiger partial charge < -0.3 is 10.6 Å². The Morgan fingerprint density at radius 2 is 2.16 bits per heavy atom. The Kier molecular flexibility index (Phi) is 3.83. The van der Waals surface area contributed by atoms with Crippen LogP contribution in [0.25, 0.3) is 5.52 Å². The van der Waals surface area contributed by atoms with Crippen molar-refractivity contribution in [3.63, 3.8) is 0 Å². The number of hydrogen-bond acceptors (Lipinski definition) is 4. The zero-order valence-electron chi connectivity index (χ0n) is 13.6. The normalized spacial score (nSPS) is 17.8. The van der Waals surface area contributed by atoms with Crippen molar-refractivity contribution in [1.82, 2.24) is 19.5 Å². The van der Waals surface area contributed by atoms with Gasteiger partial charge >= 0.3 is 0 Å². The van der Waals surface area contributed by atoms with Crippen LogP contribution in [0.1, 0.15) is 34.8 Å². The molecule has 0 aliphatic carbocycles. The number of fused-ring (bicyclic) bond motifs is 1. The summed E-state index contributed by atoms with van der Waals surface area (Å²) >= 11 is 0. The van der Waals surface area contributed by atoms with Crippen molar-refractivity contribution in [3.05, 3.63) is 59.7 Å². The maximum Gasteiger partial charge on any atom is 0.253 e. The summed E-state index contributed by atoms with van der Waals surface area (Å²) < 4.78 is 15.0. The number of amides is 1. The van der Waals surface area contributed by atoms with E-state index < -0.39 is 5.82 Å². The number of rotatable bonds is 2. The van der Waals surface area contributed by atoms with Crippen LogP contribution in [-0.4, -0.2) is 38.5 Å². The van der Waals surface area contributed by atoms with Crippen molar-refractivity contribution in [2.75, 3.05) is 18.8 Å². The Morgan fingerprint density at radius 3 is 3.00 bits per heavy atom. The third-order valence-electron chi connectivity index (χ3n) is 4.63. The lowest BCUT2D eigenvalue weighted by Crippen LogP contribution is -2.39. The predicted octanol–water partition coefficient (Wildman–Crippen LogP) is 2.47. The lowest BCUT2D eigenvalue weighted by Gasteiger charge is -2.32. The largest absolute Gasteiger partial charge is 0.368 e. The summed E-state index contributed by atoms with van der Waals surface area (Å²) in [7, 11) is 0. The minimum atomic E-state index is -0.403. The summed E-state index contributed by atoms with van der Waals surface area (Å²) in [5, 5.41) is 4.12. The van der Waals surface area contributed by atoms with Crippen LogP contribution >= 0.6 is 0 Å². The Labute approximate surface area is 144 Å². The van der Waals surface area contributed by atoms with Crippen LogP contribution in [0.15, 0.2) is 42.6 Å². The van der Waals surface area contributed by atoms with Gasteiger partial charge in [0.05, 0.1) is 17.4 Å². The molecule has 2 aromatic heterocycles. The molecule has 6 nitrogen and oxygen atoms in total. The van der Waals surface area contributed by atoms with Gasteiger partial charge in [-0.1, -0.05) is 6.07 Å². The number of carbonyl (C=O) groups is 1. The molecule has 25 heavy (non-hydrogen) atoms. The fraction of sp³-hybridized carbons (Fsp3) is 0.278. The molecule has 3 heterocycles. The summed E-state index contributed by atoms with van der Waals surface area (Å²) in [6.07, 6.45) is 3.49. The molecule has 1 fully saturated rings. The molecule has 0 spiro atoms. The number of hydrogen-bond donors (Lipinski definition) is 1. The Hall–Kier alpha value is -2.96. The number of anilines is 1. The molecule has 3 aromatic rings. The molecule has 2 N–H and O–H groups in total. The molecule has 0 unspecified atom stereocenters. The number of halogens is 1. The monoisotopic (exact) mass is 339 g/mol. The van der Waals surface area contributed by atoms with Gasteiger partial charge in [0.25, 0.3) is 5.91 Å². The van der Waals surface area contributed by atoms with E-state index >= 15 is 0 Å². The number of nitrogen functional groups attached to an aromatic ring is 1. The molecule has 1 saturated heterocycles. The number of aromatic nitrogens is 3. The van der Waals surface area contributed by atoms with Gasteiger partial charge in [-0.15, -0.1) is 0 Å². The number of piperidine rings is 1. The first-order valence-corrected chi connectivity index (χ1v) is 8.27. The fourth-order valence-electron chi connectivity index (χ4n) is 3.39. The Bertz CT molecular complexity index is 938. The van der Waals surface area contributed by atoms with E-state index in [4.69, 9.17) is 5.73 Å². The van der Waals surface area contributed by atoms with Crippen molar-refractivity contribution in [1.29, 1.82) is 0 Å². The standard InChI is InChI=1S/C18H18FN5O/c19-14-5-1-3-12(9-14)17(25)23-8-2-4-13(11-23)16-10-15-6-7-21-24(15)18(20)22-16/h1,3,5-7,9-10,13H,2,4,8,11H2,(H2,20,22)/t13-/m1/s1. The molecule has 128 valence electrons. The minimum Gasteiger partial charge on any atom is -0.368 e. The molecule has 0 radical (unpaired) electrons. The van der Waals surface area contributed by atoms with E-state index in [0.29, 0.717) is 24.6 Å². The first-order chi connectivity index (χ1) is 12.1. The van der Waals surface area contributed by atoms with E-state index in [1.165, 1.54) is 12.1 Å². The van der Waals surface area contributed by atoms with Crippen LogP contribution in [0.2, 0.25) is 0 Å². The molecule has 1 atom stereocenters. The number of benzene rings is 1. The average molecular weight is 339 g/mol. The number of nitrogens with two attached hydrogens (primary N) is 1. The summed E-state index contributed by atoms with van der Waals surface area (Å²) in [6.45, 7) is 1.21. The van der Waals surface area contributed by atoms with Crippen molar-refractivity contribution in [2.24, 2.45) is 0 Å². The number of likely N-dealkylation sites (tertiary alicyclic amines) is 1. The lowest BCUT2D eigenvalue weighted by molar-refractivity contribution is 0.0705. The summed E-state index contributed by atoms with van der Waals surface area (Å²) in [4.78, 5) is 18.9. The van der Waals surface area contributed by atoms with Crippen LogP contribution in [-0.2, 0) is 0 Å². The summed E-state index contributed by atoms with van der Waals surface area (Å²) in [5.74, 6) is -0.109. The van der Waals surface area contributed by atoms with Crippen molar-refractivity contribution in [3.8, 4) is 0 Å². The number of nitrogens with zero attached hydrogens (tertiary/aromatic N) is 4. The molecule has 1 aromatic carbocycles. The second-order valence-corrected chi connectivity index (χ2v) is 6.31. The molecule has 1 aliphatic rings. The Morgan fingerprint density at radius 1 is 1.28 bits per heavy atom. The molecule has 7 heteroatoms. The number of carbonyl (C=O) groups excluding carboxylic acids is 1. The van der Waals surface area contributed by atoms with Gasteiger partial charge in [-0.2, -0.15) is 5.10 Å². The van der Waals surface area contributed by atoms with E-state index in [-0.39, 0.29) is 11.8 Å². The van der Waals surface area contributed by atoms with Crippen molar-refractivity contribution < 1.29 is 9.18 Å². The lowest BCUT2D eigenvalue weighted by atomic mass is 9.93. The van der Waals surface area contributed by atoms with Gasteiger partial charge in [-0.05, 0) is 43.2 Å². The van der Waals surface area contributed by atoms with Gasteiger partial charge in [-0.3, -0.25) is 4.79 Å². The highest BCUT2D eigenvalue weighted by atomic mass is 19.1. The second kappa shape index (κ2) is 6.16. The highest BCUT2D eigenvalue weighted by Crippen LogP contribution is 2.28. The van der Waals surface area contributed by atoms with E-state index in [2.05, 4.69) is 10.1 Å². The maximum atomic E-state index is 13.4. The van der Waals surface area contributed by atoms with Crippen molar-refractivity contribution in [2.45, 2.75) is 18.8 Å². The van der Waals surface area contributed by atoms with Crippen LogP contribution < -0.4 is 5.73 Å². The molecule has 4 rings (SSSR count). The SMILES string of the molecule is Nc1nc([C@@H]2CCCN(C(=O)c3cccc(F)c3)C2)cc2ccnn12. The highest BCUT2D eigenvalue weighted by molar-refractivity contribution is 5.94. The van der Waals surface area contributed by atoms with Crippen LogP contribution in [0, 0.1) is 5.82 Å². The second-order valence-electron chi connectivity index (χ2n) is 6.31. The minimum absolute atomic E-state index is 0.105. The first kappa shape index (κ1) is 15.6. The maximum absolute atomic E-state index is 13.4. The van der Waals surface area contributed by atoms with Crippen LogP contribution in [0.3, 0.4) is 0 Å². The quantitative estimate of drug-likeness (QED) is 0.778. The van der Waals surface area contributed by atoms with Gasteiger partial charge in [-0.25, -0.2) is 13.9 Å². The zero-order chi connectivity index (χ0) is 17.4. The zero-order valence-corrected chi connectivity index (χ0v) is 13.6. The van der Waals surface area contributed by atoms with Crippen LogP contribution in [0.5, 0.6) is 0 Å². The van der Waals surface area contributed by atoms with Gasteiger partial charge in [0, 0.05) is 24.6 Å². The summed E-state index contributed by atoms with van der Waals surface area (Å²) in [6, 6.07) is 9.65. The third-order valence-corrected chi connectivity index (χ3v) is 4.63. The molecule has 0 bridgehead atoms. The first-order valence-electron chi connectivity index (χ1n) is 8.27. The summed E-state index contributed by atoms with van der Waals surface area (Å²) in [5.41, 5.74) is 8.10. The van der Waals surface area contributed by atoms with Crippen LogP contribution in [0.4, 0.5) is 10.3 Å². The smallest absolute Gasteiger partial charge is 0.253 e. The molecule has 1 aliphatic heterocycles. The van der Waals surface area contributed by atoms with E-state index in [0.717, 1.165) is 24.1 Å². The van der Waals surface area contributed by atoms with Crippen molar-refractivity contribution >= 4 is 17.4 Å². The molecule has 1 amide bonds. The van der Waals surface area contributed by atoms with E-state index in [1.807, 2.05) is 12.1 Å². The van der Waals surface area contributed by atoms with Gasteiger partial charge in [0.15, 0.2) is 0 Å². The topological polar surface area (TPSA) is 76.5 Å².